The fourth-order valence-corrected chi connectivity index (χ4v) is 3.15. The number of hydrogen-bond acceptors (Lipinski definition) is 4. The third-order valence-corrected chi connectivity index (χ3v) is 4.40. The highest BCUT2D eigenvalue weighted by molar-refractivity contribution is 5.79. The molecule has 1 aromatic heterocycles. The van der Waals surface area contributed by atoms with Crippen molar-refractivity contribution >= 4 is 11.7 Å². The molecule has 5 nitrogen and oxygen atoms in total. The van der Waals surface area contributed by atoms with Crippen molar-refractivity contribution in [3.63, 3.8) is 0 Å². The van der Waals surface area contributed by atoms with Crippen molar-refractivity contribution in [3.05, 3.63) is 17.8 Å². The van der Waals surface area contributed by atoms with E-state index in [9.17, 15) is 4.79 Å². The summed E-state index contributed by atoms with van der Waals surface area (Å²) in [6.07, 6.45) is 4.61. The summed E-state index contributed by atoms with van der Waals surface area (Å²) in [4.78, 5) is 16.6. The number of carbonyl (C=O) groups excluding carboxylic acids is 1. The van der Waals surface area contributed by atoms with E-state index in [-0.39, 0.29) is 0 Å². The van der Waals surface area contributed by atoms with Gasteiger partial charge in [0.05, 0.1) is 5.69 Å². The molecule has 0 N–H and O–H groups in total. The van der Waals surface area contributed by atoms with Crippen LogP contribution in [0.4, 0.5) is 5.82 Å². The number of nitrogens with zero attached hydrogens (tertiary/aromatic N) is 4. The van der Waals surface area contributed by atoms with Crippen molar-refractivity contribution in [1.82, 2.24) is 15.1 Å². The average Bonchev–Trinajstić information content (AvgIpc) is 3.02. The van der Waals surface area contributed by atoms with Crippen molar-refractivity contribution in [3.8, 4) is 0 Å². The summed E-state index contributed by atoms with van der Waals surface area (Å²) in [5.74, 6) is 1.58. The maximum Gasteiger partial charge on any atom is 0.225 e. The summed E-state index contributed by atoms with van der Waals surface area (Å²) in [7, 11) is 0. The molecule has 5 heteroatoms. The van der Waals surface area contributed by atoms with E-state index in [4.69, 9.17) is 0 Å². The zero-order chi connectivity index (χ0) is 13.9. The number of carbonyl (C=O) groups is 1. The van der Waals surface area contributed by atoms with Gasteiger partial charge >= 0.3 is 0 Å². The second kappa shape index (κ2) is 5.77. The van der Waals surface area contributed by atoms with Crippen LogP contribution in [-0.4, -0.2) is 47.2 Å². The summed E-state index contributed by atoms with van der Waals surface area (Å²) in [6.45, 7) is 5.27. The lowest BCUT2D eigenvalue weighted by Gasteiger charge is -2.36. The molecule has 2 fully saturated rings. The van der Waals surface area contributed by atoms with Crippen molar-refractivity contribution in [2.75, 3.05) is 31.1 Å². The maximum absolute atomic E-state index is 12.4. The molecule has 20 heavy (non-hydrogen) atoms. The van der Waals surface area contributed by atoms with Gasteiger partial charge < -0.3 is 9.80 Å². The number of rotatable bonds is 2. The van der Waals surface area contributed by atoms with Gasteiger partial charge in [0.25, 0.3) is 0 Å². The van der Waals surface area contributed by atoms with Gasteiger partial charge in [0.2, 0.25) is 5.91 Å². The van der Waals surface area contributed by atoms with Gasteiger partial charge in [-0.05, 0) is 31.9 Å². The Kier molecular flexibility index (Phi) is 3.85. The Morgan fingerprint density at radius 3 is 2.40 bits per heavy atom. The van der Waals surface area contributed by atoms with Crippen molar-refractivity contribution in [2.24, 2.45) is 5.92 Å². The van der Waals surface area contributed by atoms with Gasteiger partial charge in [0.1, 0.15) is 0 Å². The first-order valence-electron chi connectivity index (χ1n) is 7.58. The molecule has 3 rings (SSSR count). The van der Waals surface area contributed by atoms with E-state index < -0.39 is 0 Å². The van der Waals surface area contributed by atoms with Crippen molar-refractivity contribution < 1.29 is 4.79 Å². The van der Waals surface area contributed by atoms with Crippen LogP contribution < -0.4 is 4.90 Å². The predicted octanol–water partition coefficient (Wildman–Crippen LogP) is 1.62. The van der Waals surface area contributed by atoms with Crippen molar-refractivity contribution in [1.29, 1.82) is 0 Å². The van der Waals surface area contributed by atoms with Crippen LogP contribution >= 0.6 is 0 Å². The quantitative estimate of drug-likeness (QED) is 0.822. The number of aromatic nitrogens is 2. The number of anilines is 1. The summed E-state index contributed by atoms with van der Waals surface area (Å²) < 4.78 is 0. The van der Waals surface area contributed by atoms with Gasteiger partial charge in [-0.25, -0.2) is 0 Å². The smallest absolute Gasteiger partial charge is 0.225 e. The largest absolute Gasteiger partial charge is 0.352 e. The normalized spacial score (nSPS) is 20.4. The van der Waals surface area contributed by atoms with Crippen LogP contribution in [0.5, 0.6) is 0 Å². The Morgan fingerprint density at radius 1 is 1.10 bits per heavy atom. The molecule has 1 aromatic rings. The Labute approximate surface area is 120 Å². The average molecular weight is 274 g/mol. The molecule has 2 aliphatic rings. The molecule has 0 aromatic carbocycles. The number of aryl methyl sites for hydroxylation is 1. The van der Waals surface area contributed by atoms with Gasteiger partial charge in [0.15, 0.2) is 5.82 Å². The van der Waals surface area contributed by atoms with Gasteiger partial charge in [-0.2, -0.15) is 5.10 Å². The third-order valence-electron chi connectivity index (χ3n) is 4.40. The van der Waals surface area contributed by atoms with Crippen LogP contribution in [0.3, 0.4) is 0 Å². The molecule has 2 heterocycles. The molecule has 0 unspecified atom stereocenters. The molecular weight excluding hydrogens is 252 g/mol. The van der Waals surface area contributed by atoms with E-state index in [1.54, 1.807) is 0 Å². The van der Waals surface area contributed by atoms with Crippen LogP contribution in [0.2, 0.25) is 0 Å². The fourth-order valence-electron chi connectivity index (χ4n) is 3.15. The monoisotopic (exact) mass is 274 g/mol. The summed E-state index contributed by atoms with van der Waals surface area (Å²) in [6, 6.07) is 4.00. The minimum absolute atomic E-state index is 0.292. The molecule has 0 spiro atoms. The number of piperazine rings is 1. The van der Waals surface area contributed by atoms with Gasteiger partial charge in [-0.1, -0.05) is 12.8 Å². The van der Waals surface area contributed by atoms with Crippen LogP contribution in [0.25, 0.3) is 0 Å². The molecule has 1 aliphatic heterocycles. The van der Waals surface area contributed by atoms with Crippen LogP contribution in [0.15, 0.2) is 12.1 Å². The lowest BCUT2D eigenvalue weighted by molar-refractivity contribution is -0.135. The summed E-state index contributed by atoms with van der Waals surface area (Å²) in [5.41, 5.74) is 0.934. The highest BCUT2D eigenvalue weighted by Crippen LogP contribution is 2.27. The van der Waals surface area contributed by atoms with E-state index in [0.29, 0.717) is 11.8 Å². The zero-order valence-corrected chi connectivity index (χ0v) is 12.1. The second-order valence-electron chi connectivity index (χ2n) is 5.83. The molecule has 0 radical (unpaired) electrons. The summed E-state index contributed by atoms with van der Waals surface area (Å²) in [5, 5.41) is 8.32. The van der Waals surface area contributed by atoms with E-state index in [1.807, 2.05) is 24.0 Å². The third kappa shape index (κ3) is 2.76. The molecule has 0 atom stereocenters. The first-order valence-corrected chi connectivity index (χ1v) is 7.58. The first kappa shape index (κ1) is 13.3. The first-order chi connectivity index (χ1) is 9.74. The van der Waals surface area contributed by atoms with E-state index >= 15 is 0 Å². The lowest BCUT2D eigenvalue weighted by Crippen LogP contribution is -2.50. The van der Waals surface area contributed by atoms with Crippen LogP contribution in [0, 0.1) is 12.8 Å². The van der Waals surface area contributed by atoms with Gasteiger partial charge in [-0.3, -0.25) is 4.79 Å². The Hall–Kier alpha value is -1.65. The molecule has 1 aliphatic carbocycles. The number of amides is 1. The molecule has 108 valence electrons. The van der Waals surface area contributed by atoms with E-state index in [1.165, 1.54) is 12.8 Å². The second-order valence-corrected chi connectivity index (χ2v) is 5.83. The standard InChI is InChI=1S/C15H22N4O/c1-12-6-7-14(17-16-12)18-8-10-19(11-9-18)15(20)13-4-2-3-5-13/h6-7,13H,2-5,8-11H2,1H3. The minimum Gasteiger partial charge on any atom is -0.352 e. The Balaban J connectivity index is 1.56. The van der Waals surface area contributed by atoms with E-state index in [0.717, 1.165) is 50.5 Å². The Bertz CT molecular complexity index is 459. The molecule has 1 saturated carbocycles. The molecule has 1 amide bonds. The SMILES string of the molecule is Cc1ccc(N2CCN(C(=O)C3CCCC3)CC2)nn1. The highest BCUT2D eigenvalue weighted by Gasteiger charge is 2.29. The fraction of sp³-hybridized carbons (Fsp3) is 0.667. The topological polar surface area (TPSA) is 49.3 Å². The molecule has 0 bridgehead atoms. The van der Waals surface area contributed by atoms with E-state index in [2.05, 4.69) is 15.1 Å². The van der Waals surface area contributed by atoms with Crippen LogP contribution in [-0.2, 0) is 4.79 Å². The van der Waals surface area contributed by atoms with Gasteiger partial charge in [0, 0.05) is 32.1 Å². The molecular formula is C15H22N4O. The zero-order valence-electron chi connectivity index (χ0n) is 12.1. The predicted molar refractivity (Wildman–Crippen MR) is 77.5 cm³/mol. The number of hydrogen-bond donors (Lipinski definition) is 0. The van der Waals surface area contributed by atoms with Crippen molar-refractivity contribution in [2.45, 2.75) is 32.6 Å². The van der Waals surface area contributed by atoms with Gasteiger partial charge in [-0.15, -0.1) is 5.10 Å². The highest BCUT2D eigenvalue weighted by atomic mass is 16.2. The van der Waals surface area contributed by atoms with Crippen LogP contribution in [0.1, 0.15) is 31.4 Å². The Morgan fingerprint density at radius 2 is 1.80 bits per heavy atom. The summed E-state index contributed by atoms with van der Waals surface area (Å²) >= 11 is 0. The molecule has 1 saturated heterocycles. The minimum atomic E-state index is 0.292. The lowest BCUT2D eigenvalue weighted by atomic mass is 10.1. The maximum atomic E-state index is 12.4.